The first-order chi connectivity index (χ1) is 27.3. The van der Waals surface area contributed by atoms with E-state index in [1.807, 2.05) is 17.4 Å². The van der Waals surface area contributed by atoms with E-state index in [1.54, 1.807) is 0 Å². The van der Waals surface area contributed by atoms with Gasteiger partial charge in [-0.05, 0) is 73.5 Å². The molecule has 2 nitrogen and oxygen atoms in total. The van der Waals surface area contributed by atoms with Crippen LogP contribution >= 0.6 is 11.3 Å². The summed E-state index contributed by atoms with van der Waals surface area (Å²) in [7, 11) is 0. The second-order valence-corrected chi connectivity index (χ2v) is 15.1. The van der Waals surface area contributed by atoms with Crippen LogP contribution in [0.25, 0.3) is 109 Å². The minimum atomic E-state index is 0.701. The van der Waals surface area contributed by atoms with Gasteiger partial charge in [-0.1, -0.05) is 170 Å². The van der Waals surface area contributed by atoms with Gasteiger partial charge in [0, 0.05) is 42.2 Å². The highest BCUT2D eigenvalue weighted by Crippen LogP contribution is 2.47. The molecule has 0 N–H and O–H groups in total. The molecule has 0 aliphatic carbocycles. The average Bonchev–Trinajstić information content (AvgIpc) is 3.64. The van der Waals surface area contributed by atoms with E-state index in [4.69, 9.17) is 9.97 Å². The van der Waals surface area contributed by atoms with Crippen molar-refractivity contribution in [3.05, 3.63) is 194 Å². The van der Waals surface area contributed by atoms with Crippen LogP contribution in [-0.2, 0) is 0 Å². The van der Waals surface area contributed by atoms with Crippen molar-refractivity contribution in [1.82, 2.24) is 9.97 Å². The monoisotopic (exact) mass is 716 g/mol. The minimum absolute atomic E-state index is 0.701. The summed E-state index contributed by atoms with van der Waals surface area (Å²) in [4.78, 5) is 10.8. The van der Waals surface area contributed by atoms with Crippen molar-refractivity contribution in [3.63, 3.8) is 0 Å². The average molecular weight is 717 g/mol. The number of benzene rings is 9. The molecule has 11 rings (SSSR count). The Bertz CT molecular complexity index is 3250. The predicted octanol–water partition coefficient (Wildman–Crippen LogP) is 14.6. The highest BCUT2D eigenvalue weighted by atomic mass is 32.1. The smallest absolute Gasteiger partial charge is 0.160 e. The molecule has 256 valence electrons. The van der Waals surface area contributed by atoms with Crippen LogP contribution in [0.2, 0.25) is 0 Å². The maximum absolute atomic E-state index is 5.47. The molecule has 0 spiro atoms. The zero-order chi connectivity index (χ0) is 36.3. The van der Waals surface area contributed by atoms with Gasteiger partial charge >= 0.3 is 0 Å². The fourth-order valence-corrected chi connectivity index (χ4v) is 9.50. The largest absolute Gasteiger partial charge is 0.228 e. The number of rotatable bonds is 5. The molecule has 11 aromatic rings. The molecule has 0 radical (unpaired) electrons. The third-order valence-electron chi connectivity index (χ3n) is 10.9. The highest BCUT2D eigenvalue weighted by molar-refractivity contribution is 7.25. The topological polar surface area (TPSA) is 25.8 Å². The van der Waals surface area contributed by atoms with Gasteiger partial charge in [-0.15, -0.1) is 11.3 Å². The van der Waals surface area contributed by atoms with Crippen LogP contribution < -0.4 is 0 Å². The van der Waals surface area contributed by atoms with E-state index in [0.717, 1.165) is 39.0 Å². The summed E-state index contributed by atoms with van der Waals surface area (Å²) < 4.78 is 2.60. The fraction of sp³-hybridized carbons (Fsp3) is 0. The molecule has 0 fully saturated rings. The van der Waals surface area contributed by atoms with Crippen LogP contribution in [-0.4, -0.2) is 9.97 Å². The molecule has 0 amide bonds. The van der Waals surface area contributed by atoms with E-state index in [-0.39, 0.29) is 0 Å². The van der Waals surface area contributed by atoms with Crippen molar-refractivity contribution in [2.45, 2.75) is 0 Å². The molecule has 3 heteroatoms. The first-order valence-electron chi connectivity index (χ1n) is 18.7. The Morgan fingerprint density at radius 2 is 0.927 bits per heavy atom. The van der Waals surface area contributed by atoms with Crippen molar-refractivity contribution < 1.29 is 0 Å². The fourth-order valence-electron chi connectivity index (χ4n) is 8.41. The van der Waals surface area contributed by atoms with Gasteiger partial charge < -0.3 is 0 Å². The standard InChI is InChI=1S/C52H32N2S/c1-3-16-34(17-4-1)49-41-24-11-12-25-42(41)51(50-38-21-8-7-15-33(38)27-29-43(49)50)46-32-45(53-52(54-46)35-18-5-2-6-19-35)39-22-10-9-20-37(39)36-28-30-48-44(31-36)40-23-13-14-26-47(40)55-48/h1-32H. The van der Waals surface area contributed by atoms with Crippen LogP contribution in [0.5, 0.6) is 0 Å². The molecule has 2 heterocycles. The molecule has 2 aromatic heterocycles. The molecule has 55 heavy (non-hydrogen) atoms. The van der Waals surface area contributed by atoms with Crippen molar-refractivity contribution in [2.24, 2.45) is 0 Å². The van der Waals surface area contributed by atoms with E-state index >= 15 is 0 Å². The number of hydrogen-bond acceptors (Lipinski definition) is 3. The molecule has 0 saturated heterocycles. The van der Waals surface area contributed by atoms with Crippen LogP contribution in [0.4, 0.5) is 0 Å². The molecule has 0 unspecified atom stereocenters. The summed E-state index contributed by atoms with van der Waals surface area (Å²) >= 11 is 1.85. The van der Waals surface area contributed by atoms with Crippen LogP contribution in [0.1, 0.15) is 0 Å². The maximum Gasteiger partial charge on any atom is 0.160 e. The zero-order valence-electron chi connectivity index (χ0n) is 29.8. The Labute approximate surface area is 322 Å². The van der Waals surface area contributed by atoms with Gasteiger partial charge in [0.2, 0.25) is 0 Å². The second-order valence-electron chi connectivity index (χ2n) is 14.1. The first-order valence-corrected chi connectivity index (χ1v) is 19.5. The minimum Gasteiger partial charge on any atom is -0.228 e. The molecule has 0 aliphatic heterocycles. The third kappa shape index (κ3) is 5.24. The molecule has 0 atom stereocenters. The van der Waals surface area contributed by atoms with E-state index in [9.17, 15) is 0 Å². The zero-order valence-corrected chi connectivity index (χ0v) is 30.6. The number of nitrogens with zero attached hydrogens (tertiary/aromatic N) is 2. The summed E-state index contributed by atoms with van der Waals surface area (Å²) in [6, 6.07) is 69.7. The van der Waals surface area contributed by atoms with Crippen molar-refractivity contribution in [3.8, 4) is 56.2 Å². The van der Waals surface area contributed by atoms with Gasteiger partial charge in [-0.25, -0.2) is 9.97 Å². The molecular formula is C52H32N2S. The van der Waals surface area contributed by atoms with Crippen molar-refractivity contribution in [2.75, 3.05) is 0 Å². The molecule has 0 saturated carbocycles. The van der Waals surface area contributed by atoms with E-state index in [0.29, 0.717) is 5.82 Å². The van der Waals surface area contributed by atoms with E-state index in [2.05, 4.69) is 188 Å². The Hall–Kier alpha value is -6.94. The lowest BCUT2D eigenvalue weighted by atomic mass is 9.85. The lowest BCUT2D eigenvalue weighted by Crippen LogP contribution is -1.99. The Kier molecular flexibility index (Phi) is 7.39. The van der Waals surface area contributed by atoms with Gasteiger partial charge in [-0.2, -0.15) is 0 Å². The number of fused-ring (bicyclic) bond motifs is 7. The Balaban J connectivity index is 1.23. The molecular weight excluding hydrogens is 685 g/mol. The number of hydrogen-bond donors (Lipinski definition) is 0. The summed E-state index contributed by atoms with van der Waals surface area (Å²) in [5.74, 6) is 0.701. The molecule has 0 bridgehead atoms. The van der Waals surface area contributed by atoms with Gasteiger partial charge in [0.25, 0.3) is 0 Å². The van der Waals surface area contributed by atoms with Crippen LogP contribution in [0, 0.1) is 0 Å². The predicted molar refractivity (Wildman–Crippen MR) is 235 cm³/mol. The Morgan fingerprint density at radius 1 is 0.327 bits per heavy atom. The van der Waals surface area contributed by atoms with Gasteiger partial charge in [0.05, 0.1) is 11.4 Å². The quantitative estimate of drug-likeness (QED) is 0.131. The SMILES string of the molecule is c1ccc(-c2nc(-c3ccccc3-c3ccc4sc5ccccc5c4c3)cc(-c3c4ccccc4c(-c4ccccc4)c4ccc5ccccc5c34)n2)cc1. The van der Waals surface area contributed by atoms with Gasteiger partial charge in [-0.3, -0.25) is 0 Å². The van der Waals surface area contributed by atoms with Crippen molar-refractivity contribution >= 4 is 63.8 Å². The summed E-state index contributed by atoms with van der Waals surface area (Å²) in [6.45, 7) is 0. The lowest BCUT2D eigenvalue weighted by molar-refractivity contribution is 1.19. The third-order valence-corrected chi connectivity index (χ3v) is 12.0. The molecule has 0 aliphatic rings. The normalized spacial score (nSPS) is 11.6. The first kappa shape index (κ1) is 31.6. The van der Waals surface area contributed by atoms with Crippen molar-refractivity contribution in [1.29, 1.82) is 0 Å². The van der Waals surface area contributed by atoms with Crippen LogP contribution in [0.15, 0.2) is 194 Å². The maximum atomic E-state index is 5.47. The van der Waals surface area contributed by atoms with Crippen LogP contribution in [0.3, 0.4) is 0 Å². The second kappa shape index (κ2) is 12.9. The Morgan fingerprint density at radius 3 is 1.73 bits per heavy atom. The van der Waals surface area contributed by atoms with Gasteiger partial charge in [0.15, 0.2) is 5.82 Å². The van der Waals surface area contributed by atoms with E-state index < -0.39 is 0 Å². The highest BCUT2D eigenvalue weighted by Gasteiger charge is 2.22. The number of thiophene rings is 1. The summed E-state index contributed by atoms with van der Waals surface area (Å²) in [5, 5.41) is 9.74. The lowest BCUT2D eigenvalue weighted by Gasteiger charge is -2.20. The van der Waals surface area contributed by atoms with E-state index in [1.165, 1.54) is 63.8 Å². The summed E-state index contributed by atoms with van der Waals surface area (Å²) in [5.41, 5.74) is 9.70. The molecule has 9 aromatic carbocycles. The van der Waals surface area contributed by atoms with Gasteiger partial charge in [0.1, 0.15) is 0 Å². The summed E-state index contributed by atoms with van der Waals surface area (Å²) in [6.07, 6.45) is 0. The number of aromatic nitrogens is 2.